The minimum absolute atomic E-state index is 0.0243. The van der Waals surface area contributed by atoms with Gasteiger partial charge in [0.2, 0.25) is 0 Å². The van der Waals surface area contributed by atoms with Crippen LogP contribution in [0.15, 0.2) is 24.3 Å². The molecule has 0 aliphatic heterocycles. The third kappa shape index (κ3) is 5.48. The number of esters is 1. The molecule has 30 heavy (non-hydrogen) atoms. The van der Waals surface area contributed by atoms with Crippen LogP contribution >= 0.6 is 11.3 Å². The number of rotatable bonds is 7. The summed E-state index contributed by atoms with van der Waals surface area (Å²) in [5, 5.41) is 3.01. The Labute approximate surface area is 181 Å². The predicted octanol–water partition coefficient (Wildman–Crippen LogP) is 5.14. The number of carbonyl (C=O) groups excluding carboxylic acids is 3. The van der Waals surface area contributed by atoms with E-state index in [9.17, 15) is 14.4 Å². The van der Waals surface area contributed by atoms with Gasteiger partial charge in [-0.1, -0.05) is 32.9 Å². The van der Waals surface area contributed by atoms with Crippen LogP contribution in [0.2, 0.25) is 0 Å². The highest BCUT2D eigenvalue weighted by atomic mass is 32.1. The molecule has 0 fully saturated rings. The van der Waals surface area contributed by atoms with Crippen molar-refractivity contribution in [1.29, 1.82) is 0 Å². The molecule has 0 saturated heterocycles. The number of Topliss-reactive ketones (excluding diaryl/α,β-unsaturated/α-hetero) is 1. The van der Waals surface area contributed by atoms with Gasteiger partial charge < -0.3 is 14.8 Å². The maximum Gasteiger partial charge on any atom is 0.341 e. The first kappa shape index (κ1) is 23.6. The monoisotopic (exact) mass is 431 g/mol. The van der Waals surface area contributed by atoms with Crippen molar-refractivity contribution in [1.82, 2.24) is 0 Å². The Balaban J connectivity index is 2.19. The van der Waals surface area contributed by atoms with E-state index >= 15 is 0 Å². The Morgan fingerprint density at radius 2 is 1.73 bits per heavy atom. The van der Waals surface area contributed by atoms with E-state index in [-0.39, 0.29) is 23.4 Å². The summed E-state index contributed by atoms with van der Waals surface area (Å²) in [4.78, 5) is 37.4. The zero-order valence-corrected chi connectivity index (χ0v) is 19.4. The lowest BCUT2D eigenvalue weighted by Crippen LogP contribution is -2.30. The van der Waals surface area contributed by atoms with Crippen LogP contribution in [-0.4, -0.2) is 30.4 Å². The lowest BCUT2D eigenvalue weighted by atomic mass is 9.87. The van der Waals surface area contributed by atoms with Crippen molar-refractivity contribution in [2.45, 2.75) is 60.0 Å². The molecule has 1 aromatic heterocycles. The number of benzene rings is 1. The summed E-state index contributed by atoms with van der Waals surface area (Å²) in [6.07, 6.45) is -0.802. The maximum absolute atomic E-state index is 12.7. The van der Waals surface area contributed by atoms with Crippen molar-refractivity contribution in [3.63, 3.8) is 0 Å². The SMILES string of the molecule is CCOC(=O)c1c(NC(=O)C(C)Oc2ccc(C(C)(C)C)cc2)sc(C(C)=O)c1C. The molecule has 0 saturated carbocycles. The number of ether oxygens (including phenoxy) is 2. The highest BCUT2D eigenvalue weighted by Crippen LogP contribution is 2.34. The Hall–Kier alpha value is -2.67. The van der Waals surface area contributed by atoms with Crippen molar-refractivity contribution in [3.05, 3.63) is 45.8 Å². The smallest absolute Gasteiger partial charge is 0.341 e. The van der Waals surface area contributed by atoms with E-state index in [0.29, 0.717) is 21.2 Å². The van der Waals surface area contributed by atoms with Gasteiger partial charge in [0.05, 0.1) is 17.0 Å². The van der Waals surface area contributed by atoms with Crippen LogP contribution in [-0.2, 0) is 14.9 Å². The van der Waals surface area contributed by atoms with Crippen molar-refractivity contribution in [2.24, 2.45) is 0 Å². The highest BCUT2D eigenvalue weighted by molar-refractivity contribution is 7.18. The summed E-state index contributed by atoms with van der Waals surface area (Å²) in [5.74, 6) is -0.591. The summed E-state index contributed by atoms with van der Waals surface area (Å²) in [5.41, 5.74) is 1.91. The van der Waals surface area contributed by atoms with Crippen molar-refractivity contribution < 1.29 is 23.9 Å². The quantitative estimate of drug-likeness (QED) is 0.485. The summed E-state index contributed by atoms with van der Waals surface area (Å²) in [7, 11) is 0. The summed E-state index contributed by atoms with van der Waals surface area (Å²) < 4.78 is 10.9. The molecular formula is C23H29NO5S. The van der Waals surface area contributed by atoms with Gasteiger partial charge in [-0.3, -0.25) is 9.59 Å². The molecule has 1 aromatic carbocycles. The van der Waals surface area contributed by atoms with Gasteiger partial charge in [0, 0.05) is 0 Å². The van der Waals surface area contributed by atoms with Gasteiger partial charge in [-0.2, -0.15) is 0 Å². The number of anilines is 1. The number of ketones is 1. The number of nitrogens with one attached hydrogen (secondary N) is 1. The van der Waals surface area contributed by atoms with Gasteiger partial charge in [0.1, 0.15) is 10.8 Å². The fraction of sp³-hybridized carbons (Fsp3) is 0.435. The van der Waals surface area contributed by atoms with Crippen LogP contribution in [0, 0.1) is 6.92 Å². The first-order chi connectivity index (χ1) is 14.0. The molecule has 2 rings (SSSR count). The second kappa shape index (κ2) is 9.43. The van der Waals surface area contributed by atoms with Crippen molar-refractivity contribution in [2.75, 3.05) is 11.9 Å². The maximum atomic E-state index is 12.7. The minimum atomic E-state index is -0.802. The van der Waals surface area contributed by atoms with Gasteiger partial charge >= 0.3 is 5.97 Å². The van der Waals surface area contributed by atoms with Crippen LogP contribution in [0.4, 0.5) is 5.00 Å². The van der Waals surface area contributed by atoms with E-state index in [0.717, 1.165) is 16.9 Å². The Morgan fingerprint density at radius 1 is 1.13 bits per heavy atom. The molecule has 1 unspecified atom stereocenters. The Morgan fingerprint density at radius 3 is 2.23 bits per heavy atom. The minimum Gasteiger partial charge on any atom is -0.481 e. The molecule has 1 heterocycles. The molecule has 1 atom stereocenters. The molecule has 0 spiro atoms. The zero-order valence-electron chi connectivity index (χ0n) is 18.5. The largest absolute Gasteiger partial charge is 0.481 e. The Bertz CT molecular complexity index is 938. The summed E-state index contributed by atoms with van der Waals surface area (Å²) in [6.45, 7) is 13.0. The number of hydrogen-bond acceptors (Lipinski definition) is 6. The van der Waals surface area contributed by atoms with E-state index in [1.54, 1.807) is 20.8 Å². The number of thiophene rings is 1. The summed E-state index contributed by atoms with van der Waals surface area (Å²) in [6, 6.07) is 7.61. The van der Waals surface area contributed by atoms with E-state index in [2.05, 4.69) is 26.1 Å². The van der Waals surface area contributed by atoms with Crippen LogP contribution in [0.3, 0.4) is 0 Å². The van der Waals surface area contributed by atoms with Gasteiger partial charge in [-0.25, -0.2) is 4.79 Å². The average molecular weight is 432 g/mol. The van der Waals surface area contributed by atoms with Gasteiger partial charge in [0.25, 0.3) is 5.91 Å². The van der Waals surface area contributed by atoms with Crippen molar-refractivity contribution in [3.8, 4) is 5.75 Å². The topological polar surface area (TPSA) is 81.7 Å². The molecule has 0 aliphatic rings. The molecule has 6 nitrogen and oxygen atoms in total. The second-order valence-electron chi connectivity index (χ2n) is 8.06. The number of hydrogen-bond donors (Lipinski definition) is 1. The van der Waals surface area contributed by atoms with Gasteiger partial charge in [-0.15, -0.1) is 11.3 Å². The van der Waals surface area contributed by atoms with Crippen LogP contribution in [0.1, 0.15) is 72.7 Å². The third-order valence-corrected chi connectivity index (χ3v) is 5.89. The number of carbonyl (C=O) groups is 3. The van der Waals surface area contributed by atoms with Crippen LogP contribution in [0.5, 0.6) is 5.75 Å². The second-order valence-corrected chi connectivity index (χ2v) is 9.08. The zero-order chi connectivity index (χ0) is 22.6. The van der Waals surface area contributed by atoms with E-state index in [4.69, 9.17) is 9.47 Å². The fourth-order valence-electron chi connectivity index (χ4n) is 2.89. The van der Waals surface area contributed by atoms with E-state index in [1.807, 2.05) is 24.3 Å². The Kier molecular flexibility index (Phi) is 7.42. The molecule has 0 radical (unpaired) electrons. The van der Waals surface area contributed by atoms with Crippen molar-refractivity contribution >= 4 is 34.0 Å². The normalized spacial score (nSPS) is 12.2. The molecule has 1 N–H and O–H groups in total. The van der Waals surface area contributed by atoms with Gasteiger partial charge in [0.15, 0.2) is 11.9 Å². The number of amides is 1. The predicted molar refractivity (Wildman–Crippen MR) is 119 cm³/mol. The molecule has 162 valence electrons. The van der Waals surface area contributed by atoms with Gasteiger partial charge in [-0.05, 0) is 56.4 Å². The van der Waals surface area contributed by atoms with Crippen LogP contribution in [0.25, 0.3) is 0 Å². The average Bonchev–Trinajstić information content (AvgIpc) is 2.97. The standard InChI is InChI=1S/C23H29NO5S/c1-8-28-22(27)18-13(2)19(14(3)25)30-21(18)24-20(26)15(4)29-17-11-9-16(10-12-17)23(5,6)7/h9-12,15H,8H2,1-7H3,(H,24,26). The molecule has 0 aliphatic carbocycles. The van der Waals surface area contributed by atoms with E-state index in [1.165, 1.54) is 6.92 Å². The molecule has 2 aromatic rings. The lowest BCUT2D eigenvalue weighted by molar-refractivity contribution is -0.122. The first-order valence-electron chi connectivity index (χ1n) is 9.85. The third-order valence-electron chi connectivity index (χ3n) is 4.59. The lowest BCUT2D eigenvalue weighted by Gasteiger charge is -2.20. The van der Waals surface area contributed by atoms with Crippen LogP contribution < -0.4 is 10.1 Å². The molecular weight excluding hydrogens is 402 g/mol. The highest BCUT2D eigenvalue weighted by Gasteiger charge is 2.27. The summed E-state index contributed by atoms with van der Waals surface area (Å²) >= 11 is 1.07. The first-order valence-corrected chi connectivity index (χ1v) is 10.7. The molecule has 1 amide bonds. The molecule has 0 bridgehead atoms. The van der Waals surface area contributed by atoms with E-state index < -0.39 is 18.0 Å². The molecule has 7 heteroatoms. The fourth-order valence-corrected chi connectivity index (χ4v) is 3.98.